The molecule has 0 radical (unpaired) electrons. The second-order valence-electron chi connectivity index (χ2n) is 7.65. The third kappa shape index (κ3) is 7.72. The van der Waals surface area contributed by atoms with Gasteiger partial charge >= 0.3 is 0 Å². The van der Waals surface area contributed by atoms with E-state index in [2.05, 4.69) is 79.8 Å². The number of benzene rings is 2. The lowest BCUT2D eigenvalue weighted by Gasteiger charge is -2.26. The van der Waals surface area contributed by atoms with Crippen molar-refractivity contribution in [2.45, 2.75) is 40.8 Å². The van der Waals surface area contributed by atoms with Crippen LogP contribution < -0.4 is 10.9 Å². The first kappa shape index (κ1) is 19.5. The van der Waals surface area contributed by atoms with Gasteiger partial charge in [-0.25, -0.2) is 5.43 Å². The maximum absolute atomic E-state index is 3.30. The van der Waals surface area contributed by atoms with E-state index >= 15 is 0 Å². The summed E-state index contributed by atoms with van der Waals surface area (Å²) in [6, 6.07) is 19.1. The fraction of sp³-hybridized carbons (Fsp3) is 0.455. The number of nitrogens with zero attached hydrogens (tertiary/aromatic N) is 1. The molecule has 2 aromatic carbocycles. The molecule has 0 amide bonds. The third-order valence-corrected chi connectivity index (χ3v) is 3.94. The molecule has 0 heterocycles. The lowest BCUT2D eigenvalue weighted by molar-refractivity contribution is 0.211. The van der Waals surface area contributed by atoms with Gasteiger partial charge in [0.1, 0.15) is 0 Å². The van der Waals surface area contributed by atoms with Gasteiger partial charge in [-0.1, -0.05) is 70.2 Å². The van der Waals surface area contributed by atoms with Gasteiger partial charge in [-0.3, -0.25) is 4.90 Å². The Labute approximate surface area is 153 Å². The van der Waals surface area contributed by atoms with Gasteiger partial charge in [-0.2, -0.15) is 0 Å². The first-order valence-electron chi connectivity index (χ1n) is 9.37. The number of hydrogen-bond acceptors (Lipinski definition) is 3. The second kappa shape index (κ2) is 10.2. The van der Waals surface area contributed by atoms with Crippen molar-refractivity contribution in [3.8, 4) is 0 Å². The van der Waals surface area contributed by atoms with E-state index in [-0.39, 0.29) is 0 Å². The molecule has 0 aliphatic heterocycles. The van der Waals surface area contributed by atoms with Crippen molar-refractivity contribution in [1.29, 1.82) is 0 Å². The quantitative estimate of drug-likeness (QED) is 0.602. The molecule has 2 N–H and O–H groups in total. The van der Waals surface area contributed by atoms with E-state index in [9.17, 15) is 0 Å². The minimum absolute atomic E-state index is 0.693. The maximum atomic E-state index is 3.30. The molecule has 0 saturated carbocycles. The van der Waals surface area contributed by atoms with E-state index < -0.39 is 0 Å². The third-order valence-electron chi connectivity index (χ3n) is 3.94. The zero-order valence-corrected chi connectivity index (χ0v) is 16.1. The van der Waals surface area contributed by atoms with E-state index in [1.54, 1.807) is 0 Å². The highest BCUT2D eigenvalue weighted by Gasteiger charge is 2.10. The molecule has 0 unspecified atom stereocenters. The molecule has 0 aliphatic carbocycles. The summed E-state index contributed by atoms with van der Waals surface area (Å²) in [6.45, 7) is 13.3. The van der Waals surface area contributed by atoms with Crippen LogP contribution in [0.15, 0.2) is 54.6 Å². The van der Waals surface area contributed by atoms with Crippen molar-refractivity contribution in [2.24, 2.45) is 11.8 Å². The number of hydrazine groups is 1. The van der Waals surface area contributed by atoms with Crippen molar-refractivity contribution in [3.05, 3.63) is 65.7 Å². The average Bonchev–Trinajstić information content (AvgIpc) is 2.55. The zero-order chi connectivity index (χ0) is 18.1. The molecule has 0 bridgehead atoms. The molecular weight excluding hydrogens is 306 g/mol. The molecule has 0 spiro atoms. The van der Waals surface area contributed by atoms with Crippen molar-refractivity contribution in [2.75, 3.05) is 18.5 Å². The predicted octanol–water partition coefficient (Wildman–Crippen LogP) is 4.92. The van der Waals surface area contributed by atoms with E-state index in [1.165, 1.54) is 11.1 Å². The standard InChI is InChI=1S/C22H33N3/c1-18(2)15-25(16-19(3)4)17-21-10-8-9-20(13-21)14-23-24-22-11-6-5-7-12-22/h5-13,18-19,23-24H,14-17H2,1-4H3. The van der Waals surface area contributed by atoms with Crippen LogP contribution >= 0.6 is 0 Å². The number of hydrogen-bond donors (Lipinski definition) is 2. The van der Waals surface area contributed by atoms with Crippen molar-refractivity contribution in [3.63, 3.8) is 0 Å². The summed E-state index contributed by atoms with van der Waals surface area (Å²) in [7, 11) is 0. The molecule has 0 fully saturated rings. The fourth-order valence-electron chi connectivity index (χ4n) is 3.10. The summed E-state index contributed by atoms with van der Waals surface area (Å²) in [6.07, 6.45) is 0. The highest BCUT2D eigenvalue weighted by Crippen LogP contribution is 2.12. The van der Waals surface area contributed by atoms with Crippen LogP contribution in [0.2, 0.25) is 0 Å². The molecule has 0 aromatic heterocycles. The van der Waals surface area contributed by atoms with Crippen LogP contribution in [0.4, 0.5) is 5.69 Å². The summed E-state index contributed by atoms with van der Waals surface area (Å²) in [5.41, 5.74) is 10.3. The fourth-order valence-corrected chi connectivity index (χ4v) is 3.10. The number of rotatable bonds is 10. The van der Waals surface area contributed by atoms with Gasteiger partial charge < -0.3 is 5.43 Å². The molecule has 3 nitrogen and oxygen atoms in total. The monoisotopic (exact) mass is 339 g/mol. The normalized spacial score (nSPS) is 11.5. The molecule has 2 rings (SSSR count). The molecule has 25 heavy (non-hydrogen) atoms. The van der Waals surface area contributed by atoms with Gasteiger partial charge in [0, 0.05) is 31.9 Å². The van der Waals surface area contributed by atoms with Crippen LogP contribution in [-0.4, -0.2) is 18.0 Å². The Morgan fingerprint density at radius 1 is 0.800 bits per heavy atom. The Bertz CT molecular complexity index is 598. The van der Waals surface area contributed by atoms with Crippen LogP contribution in [-0.2, 0) is 13.1 Å². The Balaban J connectivity index is 1.90. The Morgan fingerprint density at radius 3 is 2.08 bits per heavy atom. The van der Waals surface area contributed by atoms with E-state index in [1.807, 2.05) is 18.2 Å². The minimum atomic E-state index is 0.693. The number of para-hydroxylation sites is 1. The number of anilines is 1. The molecule has 0 aliphatic rings. The van der Waals surface area contributed by atoms with Gasteiger partial charge in [0.15, 0.2) is 0 Å². The van der Waals surface area contributed by atoms with Gasteiger partial charge in [0.2, 0.25) is 0 Å². The van der Waals surface area contributed by atoms with E-state index in [0.717, 1.165) is 31.9 Å². The summed E-state index contributed by atoms with van der Waals surface area (Å²) in [5.74, 6) is 1.39. The highest BCUT2D eigenvalue weighted by molar-refractivity contribution is 5.41. The number of nitrogens with one attached hydrogen (secondary N) is 2. The van der Waals surface area contributed by atoms with Crippen LogP contribution in [0.1, 0.15) is 38.8 Å². The first-order chi connectivity index (χ1) is 12.0. The van der Waals surface area contributed by atoms with Crippen LogP contribution in [0.5, 0.6) is 0 Å². The minimum Gasteiger partial charge on any atom is -0.321 e. The van der Waals surface area contributed by atoms with Crippen LogP contribution in [0, 0.1) is 11.8 Å². The molecule has 136 valence electrons. The second-order valence-corrected chi connectivity index (χ2v) is 7.65. The summed E-state index contributed by atoms with van der Waals surface area (Å²) < 4.78 is 0. The predicted molar refractivity (Wildman–Crippen MR) is 108 cm³/mol. The van der Waals surface area contributed by atoms with Crippen molar-refractivity contribution in [1.82, 2.24) is 10.3 Å². The highest BCUT2D eigenvalue weighted by atomic mass is 15.3. The molecular formula is C22H33N3. The largest absolute Gasteiger partial charge is 0.321 e. The van der Waals surface area contributed by atoms with Gasteiger partial charge in [0.25, 0.3) is 0 Å². The van der Waals surface area contributed by atoms with Crippen LogP contribution in [0.25, 0.3) is 0 Å². The Morgan fingerprint density at radius 2 is 1.44 bits per heavy atom. The molecule has 3 heteroatoms. The van der Waals surface area contributed by atoms with E-state index in [4.69, 9.17) is 0 Å². The first-order valence-corrected chi connectivity index (χ1v) is 9.37. The molecule has 0 atom stereocenters. The lowest BCUT2D eigenvalue weighted by Crippen LogP contribution is -2.31. The topological polar surface area (TPSA) is 27.3 Å². The summed E-state index contributed by atoms with van der Waals surface area (Å²) >= 11 is 0. The summed E-state index contributed by atoms with van der Waals surface area (Å²) in [5, 5.41) is 0. The van der Waals surface area contributed by atoms with E-state index in [0.29, 0.717) is 11.8 Å². The molecule has 2 aromatic rings. The van der Waals surface area contributed by atoms with Gasteiger partial charge in [-0.05, 0) is 35.1 Å². The maximum Gasteiger partial charge on any atom is 0.0487 e. The Hall–Kier alpha value is -1.84. The smallest absolute Gasteiger partial charge is 0.0487 e. The SMILES string of the molecule is CC(C)CN(Cc1cccc(CNNc2ccccc2)c1)CC(C)C. The van der Waals surface area contributed by atoms with Crippen molar-refractivity contribution >= 4 is 5.69 Å². The van der Waals surface area contributed by atoms with Crippen LogP contribution in [0.3, 0.4) is 0 Å². The van der Waals surface area contributed by atoms with Crippen molar-refractivity contribution < 1.29 is 0 Å². The van der Waals surface area contributed by atoms with Gasteiger partial charge in [-0.15, -0.1) is 0 Å². The van der Waals surface area contributed by atoms with Gasteiger partial charge in [0.05, 0.1) is 0 Å². The average molecular weight is 340 g/mol. The Kier molecular flexibility index (Phi) is 7.96. The zero-order valence-electron chi connectivity index (χ0n) is 16.1. The molecule has 0 saturated heterocycles. The summed E-state index contributed by atoms with van der Waals surface area (Å²) in [4.78, 5) is 2.57. The lowest BCUT2D eigenvalue weighted by atomic mass is 10.1.